The second kappa shape index (κ2) is 7.80. The molecular weight excluding hydrogens is 365 g/mol. The van der Waals surface area contributed by atoms with E-state index in [4.69, 9.17) is 11.6 Å². The van der Waals surface area contributed by atoms with Crippen LogP contribution in [-0.4, -0.2) is 41.0 Å². The minimum atomic E-state index is -4.47. The van der Waals surface area contributed by atoms with Crippen LogP contribution in [0.2, 0.25) is 5.02 Å². The van der Waals surface area contributed by atoms with Crippen LogP contribution in [0.25, 0.3) is 0 Å². The Morgan fingerprint density at radius 3 is 2.65 bits per heavy atom. The number of nitrogens with zero attached hydrogens (tertiary/aromatic N) is 4. The number of anilines is 1. The highest BCUT2D eigenvalue weighted by molar-refractivity contribution is 6.30. The van der Waals surface area contributed by atoms with E-state index in [1.807, 2.05) is 29.2 Å². The van der Waals surface area contributed by atoms with Crippen molar-refractivity contribution >= 4 is 17.4 Å². The summed E-state index contributed by atoms with van der Waals surface area (Å²) in [5, 5.41) is 0.703. The Balaban J connectivity index is 1.68. The molecule has 2 heterocycles. The van der Waals surface area contributed by atoms with Crippen LogP contribution in [0.15, 0.2) is 36.7 Å². The fourth-order valence-electron chi connectivity index (χ4n) is 3.22. The zero-order valence-corrected chi connectivity index (χ0v) is 15.1. The Morgan fingerprint density at radius 1 is 1.23 bits per heavy atom. The maximum Gasteiger partial charge on any atom is 0.433 e. The lowest BCUT2D eigenvalue weighted by atomic mass is 10.0. The molecule has 4 nitrogen and oxygen atoms in total. The van der Waals surface area contributed by atoms with Crippen LogP contribution in [0.5, 0.6) is 0 Å². The number of rotatable bonds is 4. The second-order valence-corrected chi connectivity index (χ2v) is 6.96. The van der Waals surface area contributed by atoms with Gasteiger partial charge in [-0.1, -0.05) is 23.7 Å². The van der Waals surface area contributed by atoms with Crippen molar-refractivity contribution in [2.75, 3.05) is 25.0 Å². The molecule has 2 aromatic rings. The standard InChI is InChI=1S/C18H20ClF3N4/c1-25(17-9-16(18(20,21)22)23-12-24-17)15-3-2-8-26(11-15)10-13-4-6-14(19)7-5-13/h4-7,9,12,15H,2-3,8,10-11H2,1H3. The minimum absolute atomic E-state index is 0.104. The average Bonchev–Trinajstić information content (AvgIpc) is 2.63. The quantitative estimate of drug-likeness (QED) is 0.788. The van der Waals surface area contributed by atoms with Crippen LogP contribution in [0.4, 0.5) is 19.0 Å². The summed E-state index contributed by atoms with van der Waals surface area (Å²) < 4.78 is 38.6. The van der Waals surface area contributed by atoms with Crippen LogP contribution in [-0.2, 0) is 12.7 Å². The Bertz CT molecular complexity index is 736. The van der Waals surface area contributed by atoms with Crippen molar-refractivity contribution in [1.82, 2.24) is 14.9 Å². The van der Waals surface area contributed by atoms with Gasteiger partial charge in [0.15, 0.2) is 0 Å². The lowest BCUT2D eigenvalue weighted by molar-refractivity contribution is -0.141. The fraction of sp³-hybridized carbons (Fsp3) is 0.444. The van der Waals surface area contributed by atoms with Crippen molar-refractivity contribution in [3.63, 3.8) is 0 Å². The molecule has 8 heteroatoms. The first-order valence-corrected chi connectivity index (χ1v) is 8.79. The first-order valence-electron chi connectivity index (χ1n) is 8.42. The van der Waals surface area contributed by atoms with Gasteiger partial charge in [-0.3, -0.25) is 4.90 Å². The lowest BCUT2D eigenvalue weighted by Gasteiger charge is -2.38. The highest BCUT2D eigenvalue weighted by atomic mass is 35.5. The van der Waals surface area contributed by atoms with E-state index in [-0.39, 0.29) is 6.04 Å². The molecule has 1 unspecified atom stereocenters. The van der Waals surface area contributed by atoms with Gasteiger partial charge < -0.3 is 4.90 Å². The van der Waals surface area contributed by atoms with E-state index in [0.29, 0.717) is 10.8 Å². The molecular formula is C18H20ClF3N4. The van der Waals surface area contributed by atoms with Crippen LogP contribution in [0, 0.1) is 0 Å². The van der Waals surface area contributed by atoms with Gasteiger partial charge in [-0.05, 0) is 37.1 Å². The van der Waals surface area contributed by atoms with Gasteiger partial charge in [0.2, 0.25) is 0 Å². The zero-order valence-electron chi connectivity index (χ0n) is 14.4. The van der Waals surface area contributed by atoms with Gasteiger partial charge in [0, 0.05) is 37.3 Å². The molecule has 1 aromatic heterocycles. The molecule has 0 amide bonds. The number of hydrogen-bond donors (Lipinski definition) is 0. The van der Waals surface area contributed by atoms with E-state index >= 15 is 0 Å². The van der Waals surface area contributed by atoms with Crippen LogP contribution >= 0.6 is 11.6 Å². The lowest BCUT2D eigenvalue weighted by Crippen LogP contribution is -2.46. The largest absolute Gasteiger partial charge is 0.433 e. The number of likely N-dealkylation sites (N-methyl/N-ethyl adjacent to an activating group) is 1. The zero-order chi connectivity index (χ0) is 18.7. The van der Waals surface area contributed by atoms with Crippen LogP contribution in [0.1, 0.15) is 24.1 Å². The van der Waals surface area contributed by atoms with Crippen molar-refractivity contribution in [1.29, 1.82) is 0 Å². The molecule has 0 bridgehead atoms. The topological polar surface area (TPSA) is 32.3 Å². The number of hydrogen-bond acceptors (Lipinski definition) is 4. The summed E-state index contributed by atoms with van der Waals surface area (Å²) in [6.07, 6.45) is -1.59. The fourth-order valence-corrected chi connectivity index (χ4v) is 3.35. The highest BCUT2D eigenvalue weighted by Crippen LogP contribution is 2.30. The van der Waals surface area contributed by atoms with Gasteiger partial charge in [0.1, 0.15) is 17.8 Å². The van der Waals surface area contributed by atoms with Crippen molar-refractivity contribution in [3.05, 3.63) is 52.9 Å². The molecule has 0 N–H and O–H groups in total. The molecule has 0 saturated carbocycles. The summed E-state index contributed by atoms with van der Waals surface area (Å²) in [6, 6.07) is 8.84. The number of aromatic nitrogens is 2. The SMILES string of the molecule is CN(c1cc(C(F)(F)F)ncn1)C1CCCN(Cc2ccc(Cl)cc2)C1. The molecule has 1 aliphatic rings. The van der Waals surface area contributed by atoms with Gasteiger partial charge in [-0.15, -0.1) is 0 Å². The third kappa shape index (κ3) is 4.65. The third-order valence-corrected chi connectivity index (χ3v) is 4.90. The Hall–Kier alpha value is -1.86. The number of likely N-dealkylation sites (tertiary alicyclic amines) is 1. The average molecular weight is 385 g/mol. The Kier molecular flexibility index (Phi) is 5.67. The van der Waals surface area contributed by atoms with Crippen LogP contribution < -0.4 is 4.90 Å². The summed E-state index contributed by atoms with van der Waals surface area (Å²) >= 11 is 5.92. The Morgan fingerprint density at radius 2 is 1.96 bits per heavy atom. The molecule has 26 heavy (non-hydrogen) atoms. The predicted octanol–water partition coefficient (Wildman–Crippen LogP) is 4.25. The minimum Gasteiger partial charge on any atom is -0.355 e. The molecule has 3 rings (SSSR count). The second-order valence-electron chi connectivity index (χ2n) is 6.53. The number of alkyl halides is 3. The predicted molar refractivity (Wildman–Crippen MR) is 95.2 cm³/mol. The maximum atomic E-state index is 12.9. The summed E-state index contributed by atoms with van der Waals surface area (Å²) in [4.78, 5) is 11.5. The van der Waals surface area contributed by atoms with E-state index in [2.05, 4.69) is 14.9 Å². The molecule has 1 saturated heterocycles. The van der Waals surface area contributed by atoms with E-state index in [0.717, 1.165) is 44.9 Å². The first kappa shape index (κ1) is 18.9. The molecule has 1 aliphatic heterocycles. The molecule has 0 aliphatic carbocycles. The van der Waals surface area contributed by atoms with Gasteiger partial charge in [0.25, 0.3) is 0 Å². The van der Waals surface area contributed by atoms with Crippen molar-refractivity contribution in [2.24, 2.45) is 0 Å². The van der Waals surface area contributed by atoms with Crippen molar-refractivity contribution in [2.45, 2.75) is 31.6 Å². The molecule has 0 spiro atoms. The molecule has 1 aromatic carbocycles. The van der Waals surface area contributed by atoms with E-state index in [9.17, 15) is 13.2 Å². The molecule has 1 fully saturated rings. The van der Waals surface area contributed by atoms with Gasteiger partial charge in [-0.2, -0.15) is 13.2 Å². The van der Waals surface area contributed by atoms with Crippen LogP contribution in [0.3, 0.4) is 0 Å². The number of halogens is 4. The molecule has 0 radical (unpaired) electrons. The van der Waals surface area contributed by atoms with E-state index in [1.165, 1.54) is 5.56 Å². The monoisotopic (exact) mass is 384 g/mol. The van der Waals surface area contributed by atoms with Gasteiger partial charge in [-0.25, -0.2) is 9.97 Å². The van der Waals surface area contributed by atoms with Gasteiger partial charge >= 0.3 is 6.18 Å². The summed E-state index contributed by atoms with van der Waals surface area (Å²) in [6.45, 7) is 2.52. The first-order chi connectivity index (χ1) is 12.3. The maximum absolute atomic E-state index is 12.9. The summed E-state index contributed by atoms with van der Waals surface area (Å²) in [7, 11) is 1.79. The molecule has 140 valence electrons. The summed E-state index contributed by atoms with van der Waals surface area (Å²) in [5.41, 5.74) is 0.252. The smallest absolute Gasteiger partial charge is 0.355 e. The summed E-state index contributed by atoms with van der Waals surface area (Å²) in [5.74, 6) is 0.297. The number of piperidine rings is 1. The van der Waals surface area contributed by atoms with Crippen molar-refractivity contribution < 1.29 is 13.2 Å². The van der Waals surface area contributed by atoms with E-state index < -0.39 is 11.9 Å². The van der Waals surface area contributed by atoms with E-state index in [1.54, 1.807) is 7.05 Å². The highest BCUT2D eigenvalue weighted by Gasteiger charge is 2.33. The molecule has 1 atom stereocenters. The third-order valence-electron chi connectivity index (χ3n) is 4.65. The Labute approximate surface area is 155 Å². The number of benzene rings is 1. The normalized spacial score (nSPS) is 18.7. The van der Waals surface area contributed by atoms with Crippen molar-refractivity contribution in [3.8, 4) is 0 Å². The van der Waals surface area contributed by atoms with Gasteiger partial charge in [0.05, 0.1) is 0 Å².